The van der Waals surface area contributed by atoms with Crippen LogP contribution >= 0.6 is 0 Å². The predicted octanol–water partition coefficient (Wildman–Crippen LogP) is 2.55. The zero-order valence-corrected chi connectivity index (χ0v) is 19.7. The number of nitrogens with zero attached hydrogens (tertiary/aromatic N) is 4. The van der Waals surface area contributed by atoms with Crippen LogP contribution in [0.5, 0.6) is 5.88 Å². The zero-order chi connectivity index (χ0) is 24.8. The summed E-state index contributed by atoms with van der Waals surface area (Å²) in [5.74, 6) is -1.47. The van der Waals surface area contributed by atoms with E-state index in [1.54, 1.807) is 12.1 Å². The molecule has 182 valence electrons. The van der Waals surface area contributed by atoms with Crippen molar-refractivity contribution in [2.24, 2.45) is 5.73 Å². The Morgan fingerprint density at radius 1 is 1.23 bits per heavy atom. The molecule has 0 radical (unpaired) electrons. The van der Waals surface area contributed by atoms with Crippen LogP contribution in [0.25, 0.3) is 11.3 Å². The van der Waals surface area contributed by atoms with E-state index >= 15 is 4.39 Å². The first-order valence-corrected chi connectivity index (χ1v) is 12.7. The van der Waals surface area contributed by atoms with Crippen molar-refractivity contribution in [2.75, 3.05) is 11.3 Å². The summed E-state index contributed by atoms with van der Waals surface area (Å²) in [6.45, 7) is 2.19. The number of rotatable bonds is 9. The topological polar surface area (TPSA) is 150 Å². The summed E-state index contributed by atoms with van der Waals surface area (Å²) in [6, 6.07) is 4.51. The molecule has 2 heterocycles. The van der Waals surface area contributed by atoms with Crippen LogP contribution in [0.1, 0.15) is 54.2 Å². The van der Waals surface area contributed by atoms with Crippen molar-refractivity contribution >= 4 is 21.9 Å². The summed E-state index contributed by atoms with van der Waals surface area (Å²) >= 11 is 0. The van der Waals surface area contributed by atoms with Gasteiger partial charge in [0, 0.05) is 22.7 Å². The molecule has 2 aromatic heterocycles. The van der Waals surface area contributed by atoms with Crippen molar-refractivity contribution in [2.45, 2.75) is 43.3 Å². The quantitative estimate of drug-likeness (QED) is 0.457. The fourth-order valence-corrected chi connectivity index (χ4v) is 5.44. The van der Waals surface area contributed by atoms with Gasteiger partial charge >= 0.3 is 0 Å². The summed E-state index contributed by atoms with van der Waals surface area (Å²) in [5, 5.41) is -0.447. The second-order valence-corrected chi connectivity index (χ2v) is 10.5. The van der Waals surface area contributed by atoms with Crippen molar-refractivity contribution < 1.29 is 22.3 Å². The minimum atomic E-state index is -3.58. The first-order chi connectivity index (χ1) is 16.7. The van der Waals surface area contributed by atoms with Crippen molar-refractivity contribution in [3.8, 4) is 17.1 Å². The Hall–Kier alpha value is -3.67. The monoisotopic (exact) mass is 498 g/mol. The van der Waals surface area contributed by atoms with E-state index in [2.05, 4.69) is 24.7 Å². The molecule has 2 saturated carbocycles. The van der Waals surface area contributed by atoms with Crippen LogP contribution in [0.2, 0.25) is 0 Å². The molecule has 2 fully saturated rings. The minimum absolute atomic E-state index is 0.0770. The molecule has 2 aliphatic rings. The number of hydrogen-bond acceptors (Lipinski definition) is 8. The molecule has 0 unspecified atom stereocenters. The summed E-state index contributed by atoms with van der Waals surface area (Å²) in [6.07, 6.45) is 6.59. The fraction of sp³-hybridized carbons (Fsp3) is 0.348. The van der Waals surface area contributed by atoms with Gasteiger partial charge in [0.05, 0.1) is 41.2 Å². The molecule has 1 amide bonds. The first-order valence-electron chi connectivity index (χ1n) is 11.2. The second-order valence-electron chi connectivity index (χ2n) is 8.58. The van der Waals surface area contributed by atoms with E-state index in [0.717, 1.165) is 0 Å². The number of sulfonamides is 1. The molecule has 0 atom stereocenters. The third kappa shape index (κ3) is 4.29. The molecule has 1 aromatic carbocycles. The number of ether oxygens (including phenoxy) is 1. The standard InChI is InChI=1S/C23H23FN6O4S/c1-2-34-18-12-26-11-16(28-18)14-5-6-15(21(25)31)20(24)19(14)23(8-9-23)17-7-10-27-22(29-17)30-35(32,33)13-3-4-13/h5-7,10-13H,2-4,8-9H2,1H3,(H2,25,31)(H,27,29,30). The number of aromatic nitrogens is 4. The van der Waals surface area contributed by atoms with Crippen LogP contribution in [0.3, 0.4) is 0 Å². The van der Waals surface area contributed by atoms with Crippen molar-refractivity contribution in [3.05, 3.63) is 59.4 Å². The van der Waals surface area contributed by atoms with E-state index < -0.39 is 32.4 Å². The maximum Gasteiger partial charge on any atom is 0.251 e. The number of nitrogens with one attached hydrogen (secondary N) is 1. The van der Waals surface area contributed by atoms with Crippen LogP contribution in [-0.4, -0.2) is 46.1 Å². The van der Waals surface area contributed by atoms with Gasteiger partial charge in [0.15, 0.2) is 0 Å². The number of nitrogens with two attached hydrogens (primary N) is 1. The minimum Gasteiger partial charge on any atom is -0.477 e. The zero-order valence-electron chi connectivity index (χ0n) is 18.9. The van der Waals surface area contributed by atoms with E-state index in [9.17, 15) is 13.2 Å². The first kappa shape index (κ1) is 23.1. The molecule has 0 saturated heterocycles. The van der Waals surface area contributed by atoms with Crippen LogP contribution in [0.4, 0.5) is 10.3 Å². The molecule has 3 aromatic rings. The Morgan fingerprint density at radius 2 is 2.00 bits per heavy atom. The van der Waals surface area contributed by atoms with Crippen LogP contribution < -0.4 is 15.2 Å². The van der Waals surface area contributed by atoms with Gasteiger partial charge in [-0.25, -0.2) is 27.8 Å². The summed E-state index contributed by atoms with van der Waals surface area (Å²) in [5.41, 5.74) is 5.66. The molecular weight excluding hydrogens is 475 g/mol. The summed E-state index contributed by atoms with van der Waals surface area (Å²) in [7, 11) is -3.58. The van der Waals surface area contributed by atoms with Gasteiger partial charge in [-0.1, -0.05) is 6.07 Å². The number of carbonyl (C=O) groups is 1. The van der Waals surface area contributed by atoms with Gasteiger partial charge < -0.3 is 10.5 Å². The SMILES string of the molecule is CCOc1cncc(-c2ccc(C(N)=O)c(F)c2C2(c3ccnc(NS(=O)(=O)C4CC4)n3)CC2)n1. The third-order valence-corrected chi connectivity index (χ3v) is 7.98. The maximum atomic E-state index is 15.9. The van der Waals surface area contributed by atoms with E-state index in [0.29, 0.717) is 49.2 Å². The molecule has 0 bridgehead atoms. The number of benzene rings is 1. The Bertz CT molecular complexity index is 1420. The number of primary amides is 1. The lowest BCUT2D eigenvalue weighted by Gasteiger charge is -2.22. The van der Waals surface area contributed by atoms with Crippen molar-refractivity contribution in [1.82, 2.24) is 19.9 Å². The largest absolute Gasteiger partial charge is 0.477 e. The van der Waals surface area contributed by atoms with E-state index in [1.165, 1.54) is 24.7 Å². The highest BCUT2D eigenvalue weighted by atomic mass is 32.2. The van der Waals surface area contributed by atoms with Gasteiger partial charge in [0.2, 0.25) is 21.9 Å². The summed E-state index contributed by atoms with van der Waals surface area (Å²) < 4.78 is 48.5. The average molecular weight is 499 g/mol. The average Bonchev–Trinajstić information content (AvgIpc) is 3.73. The Kier molecular flexibility index (Phi) is 5.62. The number of hydrogen-bond donors (Lipinski definition) is 2. The highest BCUT2D eigenvalue weighted by Gasteiger charge is 2.51. The van der Waals surface area contributed by atoms with E-state index in [-0.39, 0.29) is 23.0 Å². The maximum absolute atomic E-state index is 15.9. The van der Waals surface area contributed by atoms with Crippen molar-refractivity contribution in [1.29, 1.82) is 0 Å². The fourth-order valence-electron chi connectivity index (χ4n) is 4.17. The Labute approximate surface area is 201 Å². The van der Waals surface area contributed by atoms with Gasteiger partial charge in [0.25, 0.3) is 5.91 Å². The normalized spacial score (nSPS) is 16.5. The van der Waals surface area contributed by atoms with Gasteiger partial charge in [-0.3, -0.25) is 14.5 Å². The van der Waals surface area contributed by atoms with Crippen LogP contribution in [-0.2, 0) is 15.4 Å². The number of anilines is 1. The molecule has 0 spiro atoms. The number of amides is 1. The Morgan fingerprint density at radius 3 is 2.66 bits per heavy atom. The molecule has 3 N–H and O–H groups in total. The Balaban J connectivity index is 1.63. The van der Waals surface area contributed by atoms with E-state index in [1.807, 2.05) is 6.92 Å². The van der Waals surface area contributed by atoms with Crippen LogP contribution in [0.15, 0.2) is 36.8 Å². The lowest BCUT2D eigenvalue weighted by molar-refractivity contribution is 0.0996. The number of carbonyl (C=O) groups excluding carboxylic acids is 1. The van der Waals surface area contributed by atoms with Gasteiger partial charge in [-0.05, 0) is 44.7 Å². The molecule has 10 nitrogen and oxygen atoms in total. The molecule has 35 heavy (non-hydrogen) atoms. The highest BCUT2D eigenvalue weighted by molar-refractivity contribution is 7.93. The van der Waals surface area contributed by atoms with Gasteiger partial charge in [-0.2, -0.15) is 0 Å². The number of halogens is 1. The highest BCUT2D eigenvalue weighted by Crippen LogP contribution is 2.56. The molecular formula is C23H23FN6O4S. The van der Waals surface area contributed by atoms with Crippen molar-refractivity contribution in [3.63, 3.8) is 0 Å². The van der Waals surface area contributed by atoms with Gasteiger partial charge in [0.1, 0.15) is 5.82 Å². The molecule has 0 aliphatic heterocycles. The lowest BCUT2D eigenvalue weighted by atomic mass is 9.85. The van der Waals surface area contributed by atoms with Gasteiger partial charge in [-0.15, -0.1) is 0 Å². The summed E-state index contributed by atoms with van der Waals surface area (Å²) in [4.78, 5) is 29.0. The molecule has 12 heteroatoms. The van der Waals surface area contributed by atoms with E-state index in [4.69, 9.17) is 10.5 Å². The smallest absolute Gasteiger partial charge is 0.251 e. The molecule has 5 rings (SSSR count). The lowest BCUT2D eigenvalue weighted by Crippen LogP contribution is -2.22. The van der Waals surface area contributed by atoms with Crippen LogP contribution in [0, 0.1) is 5.82 Å². The molecule has 2 aliphatic carbocycles. The third-order valence-electron chi connectivity index (χ3n) is 6.16. The predicted molar refractivity (Wildman–Crippen MR) is 125 cm³/mol. The second kappa shape index (κ2) is 8.52.